The maximum Gasteiger partial charge on any atom is 0.290 e. The van der Waals surface area contributed by atoms with Gasteiger partial charge in [0.1, 0.15) is 5.82 Å². The Morgan fingerprint density at radius 3 is 2.68 bits per heavy atom. The second-order valence-corrected chi connectivity index (χ2v) is 8.52. The predicted octanol–water partition coefficient (Wildman–Crippen LogP) is 1.54. The number of imidazole rings is 1. The molecule has 31 heavy (non-hydrogen) atoms. The second-order valence-electron chi connectivity index (χ2n) is 8.52. The van der Waals surface area contributed by atoms with Crippen molar-refractivity contribution in [2.45, 2.75) is 38.3 Å². The second kappa shape index (κ2) is 10.5. The van der Waals surface area contributed by atoms with Gasteiger partial charge < -0.3 is 19.7 Å². The third kappa shape index (κ3) is 5.71. The fourth-order valence-electron chi connectivity index (χ4n) is 4.78. The molecule has 8 nitrogen and oxygen atoms in total. The molecule has 2 aromatic rings. The molecule has 0 saturated carbocycles. The summed E-state index contributed by atoms with van der Waals surface area (Å²) in [6.45, 7) is 3.66. The number of benzene rings is 1. The average molecular weight is 429 g/mol. The van der Waals surface area contributed by atoms with Crippen molar-refractivity contribution in [1.82, 2.24) is 19.4 Å². The summed E-state index contributed by atoms with van der Waals surface area (Å²) >= 11 is 0. The molecule has 3 heterocycles. The van der Waals surface area contributed by atoms with Crippen LogP contribution in [0.25, 0.3) is 0 Å². The first kappa shape index (κ1) is 23.0. The van der Waals surface area contributed by atoms with Crippen molar-refractivity contribution in [2.24, 2.45) is 12.5 Å². The van der Waals surface area contributed by atoms with Gasteiger partial charge in [-0.1, -0.05) is 30.3 Å². The maximum atomic E-state index is 12.9. The third-order valence-corrected chi connectivity index (χ3v) is 6.41. The van der Waals surface area contributed by atoms with Gasteiger partial charge in [0.25, 0.3) is 6.47 Å². The van der Waals surface area contributed by atoms with E-state index in [0.29, 0.717) is 13.0 Å². The Bertz CT molecular complexity index is 856. The SMILES string of the molecule is Cn1ccnc1CN1CC[C@@H](O)[C@]2(CCCN(C(=O)Cc3ccccc3)C2)C1.O=CO. The highest BCUT2D eigenvalue weighted by atomic mass is 16.3. The molecule has 2 fully saturated rings. The number of aromatic nitrogens is 2. The number of rotatable bonds is 4. The fraction of sp³-hybridized carbons (Fsp3) is 0.522. The molecule has 8 heteroatoms. The van der Waals surface area contributed by atoms with E-state index < -0.39 is 0 Å². The van der Waals surface area contributed by atoms with Gasteiger partial charge in [-0.25, -0.2) is 4.98 Å². The van der Waals surface area contributed by atoms with Gasteiger partial charge in [0.2, 0.25) is 5.91 Å². The predicted molar refractivity (Wildman–Crippen MR) is 116 cm³/mol. The summed E-state index contributed by atoms with van der Waals surface area (Å²) in [4.78, 5) is 30.1. The van der Waals surface area contributed by atoms with Crippen molar-refractivity contribution in [2.75, 3.05) is 26.2 Å². The lowest BCUT2D eigenvalue weighted by atomic mass is 9.71. The number of amides is 1. The monoisotopic (exact) mass is 428 g/mol. The van der Waals surface area contributed by atoms with Gasteiger partial charge in [0, 0.05) is 51.0 Å². The largest absolute Gasteiger partial charge is 0.483 e. The number of carbonyl (C=O) groups is 2. The number of piperidine rings is 2. The van der Waals surface area contributed by atoms with E-state index in [1.807, 2.05) is 59.2 Å². The van der Waals surface area contributed by atoms with Crippen molar-refractivity contribution in [3.63, 3.8) is 0 Å². The minimum absolute atomic E-state index is 0.165. The zero-order chi connectivity index (χ0) is 22.3. The summed E-state index contributed by atoms with van der Waals surface area (Å²) in [5.74, 6) is 1.21. The standard InChI is InChI=1S/C22H30N4O2.CH2O2/c1-24-13-10-23-20(24)15-25-12-8-19(27)22(16-25)9-5-11-26(17-22)21(28)14-18-6-3-2-4-7-18;2-1-3/h2-4,6-7,10,13,19,27H,5,8-9,11-12,14-17H2,1H3;1H,(H,2,3)/t19-,22-;/m1./s1. The molecule has 4 rings (SSSR count). The molecule has 2 aliphatic heterocycles. The van der Waals surface area contributed by atoms with Crippen LogP contribution in [0.4, 0.5) is 0 Å². The Morgan fingerprint density at radius 1 is 1.26 bits per heavy atom. The van der Waals surface area contributed by atoms with Crippen LogP contribution in [0.2, 0.25) is 0 Å². The fourth-order valence-corrected chi connectivity index (χ4v) is 4.78. The highest BCUT2D eigenvalue weighted by Crippen LogP contribution is 2.39. The quantitative estimate of drug-likeness (QED) is 0.717. The van der Waals surface area contributed by atoms with Gasteiger partial charge in [-0.2, -0.15) is 0 Å². The number of aryl methyl sites for hydroxylation is 1. The molecular formula is C23H32N4O4. The highest BCUT2D eigenvalue weighted by molar-refractivity contribution is 5.79. The van der Waals surface area contributed by atoms with Gasteiger partial charge in [-0.3, -0.25) is 14.5 Å². The number of nitrogens with zero attached hydrogens (tertiary/aromatic N) is 4. The zero-order valence-corrected chi connectivity index (χ0v) is 18.1. The molecular weight excluding hydrogens is 396 g/mol. The molecule has 168 valence electrons. The molecule has 2 aliphatic rings. The maximum absolute atomic E-state index is 12.9. The van der Waals surface area contributed by atoms with Gasteiger partial charge in [0.15, 0.2) is 0 Å². The molecule has 2 N–H and O–H groups in total. The minimum Gasteiger partial charge on any atom is -0.483 e. The van der Waals surface area contributed by atoms with Crippen LogP contribution in [0, 0.1) is 5.41 Å². The van der Waals surface area contributed by atoms with Crippen molar-refractivity contribution in [3.05, 3.63) is 54.1 Å². The van der Waals surface area contributed by atoms with Gasteiger partial charge in [0.05, 0.1) is 19.1 Å². The van der Waals surface area contributed by atoms with Crippen LogP contribution in [0.3, 0.4) is 0 Å². The lowest BCUT2D eigenvalue weighted by Crippen LogP contribution is -2.59. The molecule has 0 aliphatic carbocycles. The third-order valence-electron chi connectivity index (χ3n) is 6.41. The number of likely N-dealkylation sites (tertiary alicyclic amines) is 2. The van der Waals surface area contributed by atoms with Crippen LogP contribution in [-0.4, -0.2) is 74.2 Å². The van der Waals surface area contributed by atoms with Crippen LogP contribution in [0.5, 0.6) is 0 Å². The van der Waals surface area contributed by atoms with Gasteiger partial charge in [-0.05, 0) is 24.8 Å². The Labute approximate surface area is 183 Å². The molecule has 1 spiro atoms. The van der Waals surface area contributed by atoms with Gasteiger partial charge >= 0.3 is 0 Å². The Hall–Kier alpha value is -2.71. The number of hydrogen-bond acceptors (Lipinski definition) is 5. The minimum atomic E-state index is -0.350. The van der Waals surface area contributed by atoms with Crippen LogP contribution >= 0.6 is 0 Å². The first-order valence-corrected chi connectivity index (χ1v) is 10.7. The summed E-state index contributed by atoms with van der Waals surface area (Å²) in [5, 5.41) is 17.8. The van der Waals surface area contributed by atoms with Crippen molar-refractivity contribution < 1.29 is 19.8 Å². The molecule has 1 aromatic heterocycles. The first-order valence-electron chi connectivity index (χ1n) is 10.7. The summed E-state index contributed by atoms with van der Waals surface area (Å²) in [6, 6.07) is 9.92. The number of carboxylic acid groups (broad SMARTS) is 1. The normalized spacial score (nSPS) is 23.8. The molecule has 0 radical (unpaired) electrons. The summed E-state index contributed by atoms with van der Waals surface area (Å²) < 4.78 is 2.05. The van der Waals surface area contributed by atoms with Crippen LogP contribution < -0.4 is 0 Å². The van der Waals surface area contributed by atoms with E-state index in [2.05, 4.69) is 9.88 Å². The highest BCUT2D eigenvalue weighted by Gasteiger charge is 2.46. The zero-order valence-electron chi connectivity index (χ0n) is 18.1. The number of hydrogen-bond donors (Lipinski definition) is 2. The number of carbonyl (C=O) groups excluding carboxylic acids is 1. The number of aliphatic hydroxyl groups excluding tert-OH is 1. The number of aliphatic hydroxyl groups is 1. The molecule has 1 amide bonds. The van der Waals surface area contributed by atoms with Crippen molar-refractivity contribution in [1.29, 1.82) is 0 Å². The smallest absolute Gasteiger partial charge is 0.290 e. The Kier molecular flexibility index (Phi) is 7.81. The van der Waals surface area contributed by atoms with E-state index in [0.717, 1.165) is 56.8 Å². The van der Waals surface area contributed by atoms with E-state index in [-0.39, 0.29) is 23.9 Å². The summed E-state index contributed by atoms with van der Waals surface area (Å²) in [6.07, 6.45) is 6.56. The van der Waals surface area contributed by atoms with E-state index in [1.54, 1.807) is 0 Å². The molecule has 1 aromatic carbocycles. The topological polar surface area (TPSA) is 98.9 Å². The Morgan fingerprint density at radius 2 is 2.00 bits per heavy atom. The van der Waals surface area contributed by atoms with E-state index >= 15 is 0 Å². The molecule has 2 saturated heterocycles. The van der Waals surface area contributed by atoms with Gasteiger partial charge in [-0.15, -0.1) is 0 Å². The lowest BCUT2D eigenvalue weighted by molar-refractivity contribution is -0.141. The summed E-state index contributed by atoms with van der Waals surface area (Å²) in [5.41, 5.74) is 0.821. The van der Waals surface area contributed by atoms with E-state index in [1.165, 1.54) is 0 Å². The average Bonchev–Trinajstić information content (AvgIpc) is 3.17. The van der Waals surface area contributed by atoms with E-state index in [4.69, 9.17) is 9.90 Å². The Balaban J connectivity index is 0.000000858. The van der Waals surface area contributed by atoms with Crippen molar-refractivity contribution >= 4 is 12.4 Å². The van der Waals surface area contributed by atoms with E-state index in [9.17, 15) is 9.90 Å². The summed E-state index contributed by atoms with van der Waals surface area (Å²) in [7, 11) is 2.02. The van der Waals surface area contributed by atoms with Crippen LogP contribution in [0.15, 0.2) is 42.7 Å². The molecule has 0 bridgehead atoms. The van der Waals surface area contributed by atoms with Crippen LogP contribution in [-0.2, 0) is 29.6 Å². The lowest BCUT2D eigenvalue weighted by Gasteiger charge is -2.51. The molecule has 2 atom stereocenters. The van der Waals surface area contributed by atoms with Crippen LogP contribution in [0.1, 0.15) is 30.7 Å². The first-order chi connectivity index (χ1) is 15.0. The van der Waals surface area contributed by atoms with Crippen molar-refractivity contribution in [3.8, 4) is 0 Å². The molecule has 0 unspecified atom stereocenters.